The number of nitrogens with zero attached hydrogens (tertiary/aromatic N) is 2. The molecular formula is C14H24N4O2. The van der Waals surface area contributed by atoms with Crippen molar-refractivity contribution in [2.75, 3.05) is 33.4 Å². The van der Waals surface area contributed by atoms with Crippen LogP contribution in [0.2, 0.25) is 0 Å². The maximum atomic E-state index is 5.81. The summed E-state index contributed by atoms with van der Waals surface area (Å²) in [6.45, 7) is 7.70. The lowest BCUT2D eigenvalue weighted by molar-refractivity contribution is -0.0239. The highest BCUT2D eigenvalue weighted by Crippen LogP contribution is 2.32. The predicted octanol–water partition coefficient (Wildman–Crippen LogP) is 0.705. The number of morpholine rings is 1. The molecule has 1 aliphatic heterocycles. The fraction of sp³-hybridized carbons (Fsp3) is 0.643. The van der Waals surface area contributed by atoms with Gasteiger partial charge in [-0.05, 0) is 25.5 Å². The number of pyridine rings is 1. The van der Waals surface area contributed by atoms with E-state index < -0.39 is 0 Å². The molecule has 20 heavy (non-hydrogen) atoms. The van der Waals surface area contributed by atoms with E-state index in [2.05, 4.69) is 29.2 Å². The van der Waals surface area contributed by atoms with Crippen molar-refractivity contribution >= 4 is 0 Å². The van der Waals surface area contributed by atoms with Gasteiger partial charge in [-0.3, -0.25) is 21.2 Å². The molecule has 6 heteroatoms. The number of rotatable bonds is 5. The number of hydrogen-bond acceptors (Lipinski definition) is 6. The first-order chi connectivity index (χ1) is 9.59. The van der Waals surface area contributed by atoms with Crippen molar-refractivity contribution in [1.29, 1.82) is 0 Å². The molecule has 0 radical (unpaired) electrons. The van der Waals surface area contributed by atoms with Crippen LogP contribution < -0.4 is 16.0 Å². The Balaban J connectivity index is 2.24. The molecule has 6 nitrogen and oxygen atoms in total. The zero-order valence-corrected chi connectivity index (χ0v) is 12.4. The van der Waals surface area contributed by atoms with Crippen molar-refractivity contribution in [3.8, 4) is 5.75 Å². The van der Waals surface area contributed by atoms with Gasteiger partial charge in [-0.2, -0.15) is 0 Å². The molecule has 2 heterocycles. The molecule has 1 fully saturated rings. The van der Waals surface area contributed by atoms with Crippen LogP contribution >= 0.6 is 0 Å². The van der Waals surface area contributed by atoms with E-state index in [0.29, 0.717) is 0 Å². The third kappa shape index (κ3) is 3.09. The van der Waals surface area contributed by atoms with Gasteiger partial charge in [0.1, 0.15) is 5.75 Å². The Morgan fingerprint density at radius 2 is 2.10 bits per heavy atom. The van der Waals surface area contributed by atoms with E-state index >= 15 is 0 Å². The van der Waals surface area contributed by atoms with Crippen LogP contribution in [-0.4, -0.2) is 48.8 Å². The third-order valence-electron chi connectivity index (χ3n) is 4.00. The average Bonchev–Trinajstić information content (AvgIpc) is 2.49. The second-order valence-corrected chi connectivity index (χ2v) is 5.51. The Morgan fingerprint density at radius 1 is 1.40 bits per heavy atom. The minimum Gasteiger partial charge on any atom is -0.495 e. The normalized spacial score (nSPS) is 18.8. The highest BCUT2D eigenvalue weighted by atomic mass is 16.5. The monoisotopic (exact) mass is 280 g/mol. The number of ether oxygens (including phenoxy) is 2. The fourth-order valence-corrected chi connectivity index (χ4v) is 2.74. The Kier molecular flexibility index (Phi) is 4.93. The molecule has 1 aromatic rings. The van der Waals surface area contributed by atoms with Crippen LogP contribution in [0.3, 0.4) is 0 Å². The molecular weight excluding hydrogens is 256 g/mol. The van der Waals surface area contributed by atoms with Crippen LogP contribution in [0, 0.1) is 0 Å². The highest BCUT2D eigenvalue weighted by molar-refractivity contribution is 5.28. The minimum absolute atomic E-state index is 0.0387. The smallest absolute Gasteiger partial charge is 0.137 e. The van der Waals surface area contributed by atoms with Crippen LogP contribution in [0.25, 0.3) is 0 Å². The van der Waals surface area contributed by atoms with Crippen molar-refractivity contribution in [3.05, 3.63) is 24.0 Å². The predicted molar refractivity (Wildman–Crippen MR) is 77.3 cm³/mol. The molecule has 0 bridgehead atoms. The summed E-state index contributed by atoms with van der Waals surface area (Å²) in [5.41, 5.74) is 3.80. The number of nitrogens with one attached hydrogen (secondary N) is 1. The summed E-state index contributed by atoms with van der Waals surface area (Å²) in [4.78, 5) is 6.61. The van der Waals surface area contributed by atoms with E-state index in [-0.39, 0.29) is 11.6 Å². The summed E-state index contributed by atoms with van der Waals surface area (Å²) in [6.07, 6.45) is 3.52. The van der Waals surface area contributed by atoms with Crippen molar-refractivity contribution < 1.29 is 9.47 Å². The average molecular weight is 280 g/mol. The van der Waals surface area contributed by atoms with E-state index in [0.717, 1.165) is 37.6 Å². The van der Waals surface area contributed by atoms with Crippen molar-refractivity contribution in [2.45, 2.75) is 25.4 Å². The Labute approximate surface area is 120 Å². The first kappa shape index (κ1) is 15.2. The van der Waals surface area contributed by atoms with E-state index in [4.69, 9.17) is 15.3 Å². The molecule has 1 saturated heterocycles. The summed E-state index contributed by atoms with van der Waals surface area (Å²) in [7, 11) is 1.64. The van der Waals surface area contributed by atoms with Crippen molar-refractivity contribution in [2.24, 2.45) is 5.84 Å². The van der Waals surface area contributed by atoms with Gasteiger partial charge in [-0.15, -0.1) is 0 Å². The lowest BCUT2D eigenvalue weighted by Gasteiger charge is -2.45. The standard InChI is InChI=1S/C14H24N4O2/c1-14(2,18-4-6-20-7-5-18)13(17-15)11-8-12(19-3)10-16-9-11/h8-10,13,17H,4-7,15H2,1-3H3. The first-order valence-corrected chi connectivity index (χ1v) is 6.87. The molecule has 2 rings (SSSR count). The molecule has 0 saturated carbocycles. The van der Waals surface area contributed by atoms with Gasteiger partial charge >= 0.3 is 0 Å². The van der Waals surface area contributed by atoms with E-state index in [9.17, 15) is 0 Å². The van der Waals surface area contributed by atoms with Gasteiger partial charge < -0.3 is 9.47 Å². The first-order valence-electron chi connectivity index (χ1n) is 6.87. The quantitative estimate of drug-likeness (QED) is 0.611. The third-order valence-corrected chi connectivity index (χ3v) is 4.00. The van der Waals surface area contributed by atoms with Crippen LogP contribution in [-0.2, 0) is 4.74 Å². The van der Waals surface area contributed by atoms with Crippen LogP contribution in [0.15, 0.2) is 18.5 Å². The highest BCUT2D eigenvalue weighted by Gasteiger charge is 2.37. The SMILES string of the molecule is COc1cncc(C(NN)C(C)(C)N2CCOCC2)c1. The molecule has 1 aliphatic rings. The van der Waals surface area contributed by atoms with Gasteiger partial charge in [0, 0.05) is 24.8 Å². The molecule has 1 atom stereocenters. The van der Waals surface area contributed by atoms with E-state index in [1.807, 2.05) is 12.3 Å². The van der Waals surface area contributed by atoms with Gasteiger partial charge in [0.25, 0.3) is 0 Å². The van der Waals surface area contributed by atoms with Crippen molar-refractivity contribution in [1.82, 2.24) is 15.3 Å². The van der Waals surface area contributed by atoms with Gasteiger partial charge in [-0.1, -0.05) is 0 Å². The summed E-state index contributed by atoms with van der Waals surface area (Å²) in [5.74, 6) is 6.55. The summed E-state index contributed by atoms with van der Waals surface area (Å²) < 4.78 is 10.7. The molecule has 1 unspecified atom stereocenters. The van der Waals surface area contributed by atoms with E-state index in [1.165, 1.54) is 0 Å². The lowest BCUT2D eigenvalue weighted by Crippen LogP contribution is -2.57. The lowest BCUT2D eigenvalue weighted by atomic mass is 9.87. The fourth-order valence-electron chi connectivity index (χ4n) is 2.74. The number of methoxy groups -OCH3 is 1. The minimum atomic E-state index is -0.146. The molecule has 0 aliphatic carbocycles. The van der Waals surface area contributed by atoms with Crippen LogP contribution in [0.5, 0.6) is 5.75 Å². The maximum absolute atomic E-state index is 5.81. The number of aromatic nitrogens is 1. The van der Waals surface area contributed by atoms with Crippen LogP contribution in [0.4, 0.5) is 0 Å². The Bertz CT molecular complexity index is 433. The molecule has 3 N–H and O–H groups in total. The zero-order chi connectivity index (χ0) is 14.6. The number of nitrogens with two attached hydrogens (primary N) is 1. The number of hydrogen-bond donors (Lipinski definition) is 2. The van der Waals surface area contributed by atoms with E-state index in [1.54, 1.807) is 13.3 Å². The largest absolute Gasteiger partial charge is 0.495 e. The van der Waals surface area contributed by atoms with Crippen LogP contribution in [0.1, 0.15) is 25.5 Å². The number of hydrazine groups is 1. The van der Waals surface area contributed by atoms with Crippen molar-refractivity contribution in [3.63, 3.8) is 0 Å². The van der Waals surface area contributed by atoms with Gasteiger partial charge in [0.15, 0.2) is 0 Å². The van der Waals surface area contributed by atoms with Gasteiger partial charge in [0.05, 0.1) is 32.6 Å². The topological polar surface area (TPSA) is 72.6 Å². The van der Waals surface area contributed by atoms with Gasteiger partial charge in [-0.25, -0.2) is 0 Å². The molecule has 0 spiro atoms. The Morgan fingerprint density at radius 3 is 2.70 bits per heavy atom. The summed E-state index contributed by atoms with van der Waals surface area (Å²) in [6, 6.07) is 1.93. The summed E-state index contributed by atoms with van der Waals surface area (Å²) in [5, 5.41) is 0. The molecule has 0 amide bonds. The molecule has 0 aromatic carbocycles. The second kappa shape index (κ2) is 6.49. The zero-order valence-electron chi connectivity index (χ0n) is 12.4. The van der Waals surface area contributed by atoms with Gasteiger partial charge in [0.2, 0.25) is 0 Å². The second-order valence-electron chi connectivity index (χ2n) is 5.51. The maximum Gasteiger partial charge on any atom is 0.137 e. The summed E-state index contributed by atoms with van der Waals surface area (Å²) >= 11 is 0. The Hall–Kier alpha value is -1.21. The molecule has 112 valence electrons. The molecule has 1 aromatic heterocycles.